The molecule has 0 spiro atoms. The first-order chi connectivity index (χ1) is 12.7. The Morgan fingerprint density at radius 1 is 1.00 bits per heavy atom. The van der Waals surface area contributed by atoms with Gasteiger partial charge in [-0.25, -0.2) is 4.79 Å². The second-order valence-corrected chi connectivity index (χ2v) is 9.98. The zero-order chi connectivity index (χ0) is 19.8. The van der Waals surface area contributed by atoms with Crippen molar-refractivity contribution in [1.82, 2.24) is 0 Å². The van der Waals surface area contributed by atoms with Crippen molar-refractivity contribution in [2.75, 3.05) is 7.11 Å². The van der Waals surface area contributed by atoms with Gasteiger partial charge in [-0.3, -0.25) is 4.79 Å². The maximum atomic E-state index is 12.2. The third-order valence-electron chi connectivity index (χ3n) is 9.07. The fourth-order valence-corrected chi connectivity index (χ4v) is 7.71. The van der Waals surface area contributed by atoms with Crippen molar-refractivity contribution in [2.45, 2.75) is 78.6 Å². The molecule has 4 aliphatic rings. The number of carbonyl (C=O) groups excluding carboxylic acids is 1. The van der Waals surface area contributed by atoms with Crippen molar-refractivity contribution in [2.24, 2.45) is 40.4 Å². The number of methoxy groups -OCH3 is 1. The quantitative estimate of drug-likeness (QED) is 0.480. The molecule has 7 atom stereocenters. The summed E-state index contributed by atoms with van der Waals surface area (Å²) in [6.45, 7) is 6.94. The van der Waals surface area contributed by atoms with E-state index in [1.165, 1.54) is 57.8 Å². The van der Waals surface area contributed by atoms with E-state index in [9.17, 15) is 4.79 Å². The molecule has 4 aliphatic carbocycles. The molecule has 4 nitrogen and oxygen atoms in total. The smallest absolute Gasteiger partial charge is 0.450 e. The summed E-state index contributed by atoms with van der Waals surface area (Å²) in [5.74, 6) is 4.49. The summed E-state index contributed by atoms with van der Waals surface area (Å²) in [6, 6.07) is 0. The van der Waals surface area contributed by atoms with Crippen LogP contribution in [0.3, 0.4) is 0 Å². The number of fused-ring (bicyclic) bond motifs is 5. The molecule has 0 aromatic rings. The molecule has 0 amide bonds. The van der Waals surface area contributed by atoms with Gasteiger partial charge in [-0.05, 0) is 67.6 Å². The number of carboxylic acid groups (broad SMARTS) is 1. The minimum atomic E-state index is -1.25. The molecule has 5 heteroatoms. The van der Waals surface area contributed by atoms with Gasteiger partial charge in [-0.2, -0.15) is 12.8 Å². The second kappa shape index (κ2) is 9.91. The predicted octanol–water partition coefficient (Wildman–Crippen LogP) is 2.75. The van der Waals surface area contributed by atoms with Crippen LogP contribution in [0.15, 0.2) is 0 Å². The minimum absolute atomic E-state index is 0. The standard InChI is InChI=1S/C21H33O.C2H4O3.Rb/c1-14(22)17-9-10-18-16-8-7-15-6-4-5-12-20(15,2)19(16)11-13-21(17,18)3;1-5-2(3)4;/h4,15-19H,5-13H2,1-3H3;1H3,(H,3,4);/q-1;;+1. The van der Waals surface area contributed by atoms with Crippen LogP contribution in [0.4, 0.5) is 4.79 Å². The molecule has 0 heterocycles. The van der Waals surface area contributed by atoms with E-state index in [2.05, 4.69) is 25.0 Å². The second-order valence-electron chi connectivity index (χ2n) is 9.98. The average Bonchev–Trinajstić information content (AvgIpc) is 2.99. The Balaban J connectivity index is 0.000000420. The maximum absolute atomic E-state index is 12.2. The van der Waals surface area contributed by atoms with Crippen LogP contribution in [0, 0.1) is 46.8 Å². The third-order valence-corrected chi connectivity index (χ3v) is 9.07. The number of ether oxygens (including phenoxy) is 1. The summed E-state index contributed by atoms with van der Waals surface area (Å²) in [4.78, 5) is 21.3. The average molecular weight is 463 g/mol. The van der Waals surface area contributed by atoms with Crippen molar-refractivity contribution < 1.29 is 77.6 Å². The molecule has 4 fully saturated rings. The van der Waals surface area contributed by atoms with Gasteiger partial charge in [0, 0.05) is 5.92 Å². The normalized spacial score (nSPS) is 43.8. The monoisotopic (exact) mass is 462 g/mol. The molecule has 154 valence electrons. The Kier molecular flexibility index (Phi) is 8.85. The summed E-state index contributed by atoms with van der Waals surface area (Å²) < 4.78 is 3.67. The van der Waals surface area contributed by atoms with Crippen LogP contribution in [0.1, 0.15) is 78.6 Å². The van der Waals surface area contributed by atoms with Crippen LogP contribution in [-0.2, 0) is 9.53 Å². The number of ketones is 1. The maximum Gasteiger partial charge on any atom is 1.00 e. The Bertz CT molecular complexity index is 579. The Morgan fingerprint density at radius 3 is 2.25 bits per heavy atom. The van der Waals surface area contributed by atoms with Gasteiger partial charge < -0.3 is 16.3 Å². The number of carbonyl (C=O) groups is 2. The largest absolute Gasteiger partial charge is 1.00 e. The van der Waals surface area contributed by atoms with Crippen molar-refractivity contribution >= 4 is 11.9 Å². The van der Waals surface area contributed by atoms with E-state index in [-0.39, 0.29) is 58.2 Å². The molecule has 0 aliphatic heterocycles. The van der Waals surface area contributed by atoms with Gasteiger partial charge in [0.2, 0.25) is 0 Å². The zero-order valence-corrected chi connectivity index (χ0v) is 23.4. The first-order valence-corrected chi connectivity index (χ1v) is 10.8. The zero-order valence-electron chi connectivity index (χ0n) is 18.5. The van der Waals surface area contributed by atoms with E-state index >= 15 is 0 Å². The molecule has 0 saturated heterocycles. The van der Waals surface area contributed by atoms with Crippen LogP contribution in [0.2, 0.25) is 0 Å². The number of hydrogen-bond donors (Lipinski definition) is 1. The van der Waals surface area contributed by atoms with E-state index in [0.29, 0.717) is 22.5 Å². The van der Waals surface area contributed by atoms with Crippen molar-refractivity contribution in [1.29, 1.82) is 0 Å². The molecule has 28 heavy (non-hydrogen) atoms. The Labute approximate surface area is 219 Å². The minimum Gasteiger partial charge on any atom is -0.450 e. The first-order valence-electron chi connectivity index (χ1n) is 10.8. The van der Waals surface area contributed by atoms with Crippen LogP contribution >= 0.6 is 0 Å². The third kappa shape index (κ3) is 4.50. The molecule has 1 N–H and O–H groups in total. The van der Waals surface area contributed by atoms with Gasteiger partial charge in [0.05, 0.1) is 7.11 Å². The molecule has 0 bridgehead atoms. The number of rotatable bonds is 1. The summed E-state index contributed by atoms with van der Waals surface area (Å²) in [5.41, 5.74) is 0.935. The van der Waals surface area contributed by atoms with Crippen LogP contribution in [0.25, 0.3) is 0 Å². The van der Waals surface area contributed by atoms with Crippen LogP contribution in [-0.4, -0.2) is 24.2 Å². The Hall–Kier alpha value is 0.745. The molecule has 7 unspecified atom stereocenters. The summed E-state index contributed by atoms with van der Waals surface area (Å²) in [5, 5.41) is 7.50. The fourth-order valence-electron chi connectivity index (χ4n) is 7.71. The van der Waals surface area contributed by atoms with Gasteiger partial charge >= 0.3 is 64.3 Å². The number of Topliss-reactive ketones (excluding diaryl/α,β-unsaturated/α-hetero) is 1. The van der Waals surface area contributed by atoms with Gasteiger partial charge in [0.1, 0.15) is 5.78 Å². The molecular weight excluding hydrogens is 426 g/mol. The summed E-state index contributed by atoms with van der Waals surface area (Å²) >= 11 is 0. The van der Waals surface area contributed by atoms with Gasteiger partial charge in [-0.1, -0.05) is 32.6 Å². The van der Waals surface area contributed by atoms with E-state index in [0.717, 1.165) is 30.8 Å². The van der Waals surface area contributed by atoms with Crippen LogP contribution < -0.4 is 58.2 Å². The topological polar surface area (TPSA) is 63.6 Å². The Morgan fingerprint density at radius 2 is 1.64 bits per heavy atom. The van der Waals surface area contributed by atoms with E-state index < -0.39 is 6.16 Å². The van der Waals surface area contributed by atoms with Crippen LogP contribution in [0.5, 0.6) is 0 Å². The molecule has 0 aromatic carbocycles. The molecule has 4 saturated carbocycles. The SMILES string of the molecule is CC(=O)C1CCC2C3CCC4C[CH-]CCC4(C)C3CCC12C.COC(=O)O.[Rb+]. The van der Waals surface area contributed by atoms with Gasteiger partial charge in [-0.15, -0.1) is 0 Å². The van der Waals surface area contributed by atoms with Gasteiger partial charge in [0.25, 0.3) is 0 Å². The van der Waals surface area contributed by atoms with Gasteiger partial charge in [0.15, 0.2) is 0 Å². The van der Waals surface area contributed by atoms with E-state index in [4.69, 9.17) is 9.90 Å². The van der Waals surface area contributed by atoms with Crippen molar-refractivity contribution in [3.8, 4) is 0 Å². The molecule has 4 rings (SSSR count). The molecule has 0 aromatic heterocycles. The van der Waals surface area contributed by atoms with Crippen molar-refractivity contribution in [3.63, 3.8) is 0 Å². The van der Waals surface area contributed by atoms with E-state index in [1.54, 1.807) is 0 Å². The fraction of sp³-hybridized carbons (Fsp3) is 0.870. The summed E-state index contributed by atoms with van der Waals surface area (Å²) in [6.07, 6.45) is 13.6. The first kappa shape index (κ1) is 25.0. The molecule has 0 radical (unpaired) electrons. The van der Waals surface area contributed by atoms with E-state index in [1.807, 2.05) is 6.92 Å². The number of hydrogen-bond acceptors (Lipinski definition) is 3. The molecular formula is C23H37O4Rb. The van der Waals surface area contributed by atoms with Crippen molar-refractivity contribution in [3.05, 3.63) is 6.42 Å². The predicted molar refractivity (Wildman–Crippen MR) is 105 cm³/mol. The summed E-state index contributed by atoms with van der Waals surface area (Å²) in [7, 11) is 1.10.